The Morgan fingerprint density at radius 1 is 0.909 bits per heavy atom. The fraction of sp³-hybridized carbons (Fsp3) is 0.208. The summed E-state index contributed by atoms with van der Waals surface area (Å²) in [6.07, 6.45) is 0. The number of hydrogen-bond donors (Lipinski definition) is 1. The van der Waals surface area contributed by atoms with E-state index in [0.29, 0.717) is 30.4 Å². The highest BCUT2D eigenvalue weighted by Crippen LogP contribution is 2.26. The second kappa shape index (κ2) is 10.8. The molecule has 0 saturated carbocycles. The molecule has 0 saturated heterocycles. The number of halogens is 1. The van der Waals surface area contributed by atoms with Crippen LogP contribution in [-0.2, 0) is 14.8 Å². The number of anilines is 2. The van der Waals surface area contributed by atoms with Gasteiger partial charge in [0.25, 0.3) is 10.0 Å². The second-order valence-electron chi connectivity index (χ2n) is 6.90. The molecule has 0 aromatic heterocycles. The zero-order chi connectivity index (χ0) is 23.8. The molecule has 0 radical (unpaired) electrons. The summed E-state index contributed by atoms with van der Waals surface area (Å²) in [5.74, 6) is 0.0150. The minimum absolute atomic E-state index is 0.0265. The number of benzene rings is 3. The fourth-order valence-electron chi connectivity index (χ4n) is 3.09. The first-order valence-corrected chi connectivity index (χ1v) is 11.8. The maximum atomic E-state index is 13.5. The van der Waals surface area contributed by atoms with Gasteiger partial charge in [-0.05, 0) is 74.5 Å². The van der Waals surface area contributed by atoms with E-state index in [1.807, 2.05) is 13.8 Å². The van der Waals surface area contributed by atoms with Crippen molar-refractivity contribution in [2.45, 2.75) is 18.7 Å². The molecule has 0 aliphatic rings. The molecule has 0 heterocycles. The van der Waals surface area contributed by atoms with Crippen molar-refractivity contribution in [1.29, 1.82) is 0 Å². The van der Waals surface area contributed by atoms with Crippen molar-refractivity contribution >= 4 is 27.3 Å². The van der Waals surface area contributed by atoms with Crippen LogP contribution in [0.15, 0.2) is 77.7 Å². The van der Waals surface area contributed by atoms with Gasteiger partial charge in [0.1, 0.15) is 23.9 Å². The van der Waals surface area contributed by atoms with E-state index < -0.39 is 28.3 Å². The second-order valence-corrected chi connectivity index (χ2v) is 8.76. The van der Waals surface area contributed by atoms with E-state index in [4.69, 9.17) is 9.47 Å². The van der Waals surface area contributed by atoms with Gasteiger partial charge in [0, 0.05) is 11.8 Å². The van der Waals surface area contributed by atoms with Gasteiger partial charge in [0.05, 0.1) is 23.8 Å². The Hall–Kier alpha value is -3.59. The topological polar surface area (TPSA) is 84.9 Å². The van der Waals surface area contributed by atoms with Gasteiger partial charge in [-0.25, -0.2) is 12.8 Å². The van der Waals surface area contributed by atoms with Gasteiger partial charge in [-0.1, -0.05) is 6.07 Å². The lowest BCUT2D eigenvalue weighted by Crippen LogP contribution is -2.38. The third kappa shape index (κ3) is 6.23. The van der Waals surface area contributed by atoms with E-state index >= 15 is 0 Å². The average Bonchev–Trinajstić information content (AvgIpc) is 2.79. The van der Waals surface area contributed by atoms with Crippen molar-refractivity contribution in [3.63, 3.8) is 0 Å². The summed E-state index contributed by atoms with van der Waals surface area (Å²) < 4.78 is 52.0. The largest absolute Gasteiger partial charge is 0.494 e. The quantitative estimate of drug-likeness (QED) is 0.471. The first-order valence-electron chi connectivity index (χ1n) is 10.4. The van der Waals surface area contributed by atoms with E-state index in [1.165, 1.54) is 24.3 Å². The molecule has 0 aliphatic heterocycles. The Morgan fingerprint density at radius 3 is 2.18 bits per heavy atom. The van der Waals surface area contributed by atoms with Crippen molar-refractivity contribution < 1.29 is 27.1 Å². The maximum Gasteiger partial charge on any atom is 0.264 e. The highest BCUT2D eigenvalue weighted by atomic mass is 32.2. The predicted octanol–water partition coefficient (Wildman–Crippen LogP) is 4.46. The molecule has 3 aromatic carbocycles. The average molecular weight is 473 g/mol. The number of rotatable bonds is 10. The van der Waals surface area contributed by atoms with Gasteiger partial charge < -0.3 is 14.8 Å². The Bertz CT molecular complexity index is 1180. The summed E-state index contributed by atoms with van der Waals surface area (Å²) >= 11 is 0. The minimum atomic E-state index is -4.13. The Morgan fingerprint density at radius 2 is 1.55 bits per heavy atom. The molecule has 1 amide bonds. The lowest BCUT2D eigenvalue weighted by Gasteiger charge is -2.24. The number of carbonyl (C=O) groups excluding carboxylic acids is 1. The molecular weight excluding hydrogens is 447 g/mol. The molecule has 0 fully saturated rings. The first-order chi connectivity index (χ1) is 15.8. The van der Waals surface area contributed by atoms with Crippen LogP contribution in [0.4, 0.5) is 15.8 Å². The van der Waals surface area contributed by atoms with Gasteiger partial charge in [-0.2, -0.15) is 0 Å². The standard InChI is InChI=1S/C24H25FN2O5S/c1-3-31-21-12-14-23(15-13-21)33(29,30)27(20-10-8-18(25)9-11-20)17-24(28)26-19-6-5-7-22(16-19)32-4-2/h5-16H,3-4,17H2,1-2H3,(H,26,28). The van der Waals surface area contributed by atoms with Crippen LogP contribution >= 0.6 is 0 Å². The zero-order valence-corrected chi connectivity index (χ0v) is 19.1. The molecule has 0 bridgehead atoms. The highest BCUT2D eigenvalue weighted by molar-refractivity contribution is 7.92. The number of nitrogens with zero attached hydrogens (tertiary/aromatic N) is 1. The molecule has 3 aromatic rings. The SMILES string of the molecule is CCOc1ccc(S(=O)(=O)N(CC(=O)Nc2cccc(OCC)c2)c2ccc(F)cc2)cc1. The van der Waals surface area contributed by atoms with Crippen molar-refractivity contribution in [2.24, 2.45) is 0 Å². The van der Waals surface area contributed by atoms with E-state index in [9.17, 15) is 17.6 Å². The number of nitrogens with one attached hydrogen (secondary N) is 1. The number of amides is 1. The predicted molar refractivity (Wildman–Crippen MR) is 125 cm³/mol. The molecule has 7 nitrogen and oxygen atoms in total. The van der Waals surface area contributed by atoms with Crippen LogP contribution in [0.3, 0.4) is 0 Å². The molecule has 174 valence electrons. The van der Waals surface area contributed by atoms with E-state index in [0.717, 1.165) is 16.4 Å². The van der Waals surface area contributed by atoms with Crippen LogP contribution in [0.1, 0.15) is 13.8 Å². The maximum absolute atomic E-state index is 13.5. The number of sulfonamides is 1. The van der Waals surface area contributed by atoms with Crippen LogP contribution in [-0.4, -0.2) is 34.1 Å². The molecule has 0 unspecified atom stereocenters. The zero-order valence-electron chi connectivity index (χ0n) is 18.3. The van der Waals surface area contributed by atoms with E-state index in [2.05, 4.69) is 5.32 Å². The van der Waals surface area contributed by atoms with Crippen molar-refractivity contribution in [2.75, 3.05) is 29.4 Å². The Kier molecular flexibility index (Phi) is 7.89. The summed E-state index contributed by atoms with van der Waals surface area (Å²) in [4.78, 5) is 12.8. The number of carbonyl (C=O) groups is 1. The van der Waals surface area contributed by atoms with Crippen LogP contribution < -0.4 is 19.1 Å². The van der Waals surface area contributed by atoms with Gasteiger partial charge in [0.15, 0.2) is 0 Å². The molecule has 1 N–H and O–H groups in total. The van der Waals surface area contributed by atoms with Crippen molar-refractivity contribution in [1.82, 2.24) is 0 Å². The van der Waals surface area contributed by atoms with Gasteiger partial charge in [0.2, 0.25) is 5.91 Å². The van der Waals surface area contributed by atoms with E-state index in [1.54, 1.807) is 36.4 Å². The smallest absolute Gasteiger partial charge is 0.264 e. The first kappa shape index (κ1) is 24.1. The lowest BCUT2D eigenvalue weighted by molar-refractivity contribution is -0.114. The van der Waals surface area contributed by atoms with Gasteiger partial charge >= 0.3 is 0 Å². The van der Waals surface area contributed by atoms with Gasteiger partial charge in [-0.3, -0.25) is 9.10 Å². The van der Waals surface area contributed by atoms with E-state index in [-0.39, 0.29) is 10.6 Å². The monoisotopic (exact) mass is 472 g/mol. The fourth-order valence-corrected chi connectivity index (χ4v) is 4.51. The summed E-state index contributed by atoms with van der Waals surface area (Å²) in [5, 5.41) is 2.68. The summed E-state index contributed by atoms with van der Waals surface area (Å²) in [6, 6.07) is 17.6. The van der Waals surface area contributed by atoms with Crippen LogP contribution in [0.5, 0.6) is 11.5 Å². The number of ether oxygens (including phenoxy) is 2. The molecule has 0 spiro atoms. The van der Waals surface area contributed by atoms with Crippen molar-refractivity contribution in [3.05, 3.63) is 78.6 Å². The molecular formula is C24H25FN2O5S. The Balaban J connectivity index is 1.89. The van der Waals surface area contributed by atoms with Crippen LogP contribution in [0.25, 0.3) is 0 Å². The van der Waals surface area contributed by atoms with Gasteiger partial charge in [-0.15, -0.1) is 0 Å². The third-order valence-electron chi connectivity index (χ3n) is 4.55. The lowest BCUT2D eigenvalue weighted by atomic mass is 10.3. The summed E-state index contributed by atoms with van der Waals surface area (Å²) in [6.45, 7) is 4.07. The van der Waals surface area contributed by atoms with Crippen molar-refractivity contribution in [3.8, 4) is 11.5 Å². The molecule has 33 heavy (non-hydrogen) atoms. The number of hydrogen-bond acceptors (Lipinski definition) is 5. The minimum Gasteiger partial charge on any atom is -0.494 e. The normalized spacial score (nSPS) is 11.0. The third-order valence-corrected chi connectivity index (χ3v) is 6.34. The Labute approximate surface area is 192 Å². The molecule has 9 heteroatoms. The molecule has 0 atom stereocenters. The van der Waals surface area contributed by atoms with Crippen LogP contribution in [0.2, 0.25) is 0 Å². The summed E-state index contributed by atoms with van der Waals surface area (Å²) in [7, 11) is -4.13. The summed E-state index contributed by atoms with van der Waals surface area (Å²) in [5.41, 5.74) is 0.618. The molecule has 0 aliphatic carbocycles. The highest BCUT2D eigenvalue weighted by Gasteiger charge is 2.27. The van der Waals surface area contributed by atoms with Crippen LogP contribution in [0, 0.1) is 5.82 Å². The molecule has 3 rings (SSSR count).